The number of nitrogens with zero attached hydrogens (tertiary/aromatic N) is 2. The number of hydrogen-bond donors (Lipinski definition) is 1. The van der Waals surface area contributed by atoms with Gasteiger partial charge in [0, 0.05) is 32.2 Å². The van der Waals surface area contributed by atoms with Crippen molar-refractivity contribution in [2.75, 3.05) is 46.9 Å². The Hall–Kier alpha value is -2.12. The molecule has 0 aromatic heterocycles. The van der Waals surface area contributed by atoms with Crippen LogP contribution in [0.3, 0.4) is 0 Å². The molecule has 0 saturated carbocycles. The number of ether oxygens (including phenoxy) is 2. The van der Waals surface area contributed by atoms with E-state index >= 15 is 0 Å². The Morgan fingerprint density at radius 2 is 2.28 bits per heavy atom. The molecule has 2 atom stereocenters. The van der Waals surface area contributed by atoms with Crippen LogP contribution in [0.2, 0.25) is 0 Å². The summed E-state index contributed by atoms with van der Waals surface area (Å²) in [7, 11) is 3.65. The molecule has 2 aliphatic rings. The van der Waals surface area contributed by atoms with E-state index in [1.807, 2.05) is 19.2 Å². The van der Waals surface area contributed by atoms with E-state index < -0.39 is 0 Å². The first-order chi connectivity index (χ1) is 12.1. The lowest BCUT2D eigenvalue weighted by Gasteiger charge is -2.45. The van der Waals surface area contributed by atoms with Gasteiger partial charge in [0.25, 0.3) is 5.91 Å². The van der Waals surface area contributed by atoms with Gasteiger partial charge in [-0.15, -0.1) is 0 Å². The van der Waals surface area contributed by atoms with Crippen LogP contribution in [0.1, 0.15) is 16.8 Å². The zero-order valence-electron chi connectivity index (χ0n) is 14.7. The summed E-state index contributed by atoms with van der Waals surface area (Å²) in [6, 6.07) is 7.17. The Kier molecular flexibility index (Phi) is 5.55. The molecule has 0 bridgehead atoms. The van der Waals surface area contributed by atoms with Gasteiger partial charge in [0.15, 0.2) is 0 Å². The molecule has 7 nitrogen and oxygen atoms in total. The maximum Gasteiger partial charge on any atom is 0.254 e. The van der Waals surface area contributed by atoms with Crippen molar-refractivity contribution in [3.8, 4) is 5.75 Å². The lowest BCUT2D eigenvalue weighted by molar-refractivity contribution is -0.159. The van der Waals surface area contributed by atoms with Gasteiger partial charge in [0.05, 0.1) is 12.1 Å². The molecule has 2 fully saturated rings. The van der Waals surface area contributed by atoms with Crippen molar-refractivity contribution < 1.29 is 19.1 Å². The van der Waals surface area contributed by atoms with Crippen LogP contribution >= 0.6 is 0 Å². The molecule has 136 valence electrons. The molecule has 2 amide bonds. The summed E-state index contributed by atoms with van der Waals surface area (Å²) in [5.41, 5.74) is 0.603. The minimum atomic E-state index is -0.0750. The monoisotopic (exact) mass is 347 g/mol. The van der Waals surface area contributed by atoms with Gasteiger partial charge in [0.2, 0.25) is 5.91 Å². The van der Waals surface area contributed by atoms with Crippen LogP contribution < -0.4 is 10.1 Å². The summed E-state index contributed by atoms with van der Waals surface area (Å²) in [5.74, 6) is 0.615. The molecule has 2 saturated heterocycles. The topological polar surface area (TPSA) is 71.1 Å². The number of carbonyl (C=O) groups excluding carboxylic acids is 2. The number of hydrogen-bond acceptors (Lipinski definition) is 5. The minimum absolute atomic E-state index is 0.0166. The van der Waals surface area contributed by atoms with Crippen LogP contribution in [0.25, 0.3) is 0 Å². The molecule has 1 aromatic carbocycles. The third-order valence-corrected chi connectivity index (χ3v) is 4.82. The lowest BCUT2D eigenvalue weighted by Crippen LogP contribution is -2.61. The fourth-order valence-electron chi connectivity index (χ4n) is 3.30. The highest BCUT2D eigenvalue weighted by molar-refractivity contribution is 5.94. The zero-order valence-corrected chi connectivity index (χ0v) is 14.7. The minimum Gasteiger partial charge on any atom is -0.492 e. The molecular formula is C18H25N3O4. The first-order valence-corrected chi connectivity index (χ1v) is 8.64. The molecular weight excluding hydrogens is 322 g/mol. The normalized spacial score (nSPS) is 23.4. The second-order valence-corrected chi connectivity index (χ2v) is 6.44. The fraction of sp³-hybridized carbons (Fsp3) is 0.556. The first-order valence-electron chi connectivity index (χ1n) is 8.64. The fourth-order valence-corrected chi connectivity index (χ4v) is 3.30. The number of fused-ring (bicyclic) bond motifs is 1. The zero-order chi connectivity index (χ0) is 17.8. The molecule has 0 spiro atoms. The van der Waals surface area contributed by atoms with Gasteiger partial charge in [-0.2, -0.15) is 0 Å². The number of benzene rings is 1. The van der Waals surface area contributed by atoms with E-state index in [1.54, 1.807) is 29.0 Å². The smallest absolute Gasteiger partial charge is 0.254 e. The predicted octanol–water partition coefficient (Wildman–Crippen LogP) is 0.357. The number of morpholine rings is 1. The van der Waals surface area contributed by atoms with Crippen LogP contribution in [0.4, 0.5) is 0 Å². The molecule has 2 aliphatic heterocycles. The van der Waals surface area contributed by atoms with E-state index in [9.17, 15) is 9.59 Å². The lowest BCUT2D eigenvalue weighted by atomic mass is 9.98. The van der Waals surface area contributed by atoms with E-state index in [2.05, 4.69) is 5.32 Å². The number of rotatable bonds is 5. The Morgan fingerprint density at radius 1 is 1.44 bits per heavy atom. The van der Waals surface area contributed by atoms with E-state index in [-0.39, 0.29) is 30.6 Å². The standard InChI is InChI=1S/C18H25N3O4/c1-19-7-9-24-14-5-3-4-13(10-14)18(23)21-8-6-16-15(11-21)20(2)17(22)12-25-16/h3-5,10,15-16,19H,6-9,11-12H2,1-2H3/t15-,16-/m0/s1. The quantitative estimate of drug-likeness (QED) is 0.779. The Morgan fingerprint density at radius 3 is 3.08 bits per heavy atom. The van der Waals surface area contributed by atoms with Crippen molar-refractivity contribution in [1.29, 1.82) is 0 Å². The van der Waals surface area contributed by atoms with E-state index in [1.165, 1.54) is 0 Å². The Bertz CT molecular complexity index is 637. The molecule has 1 aromatic rings. The van der Waals surface area contributed by atoms with Gasteiger partial charge in [0.1, 0.15) is 19.0 Å². The molecule has 0 unspecified atom stereocenters. The van der Waals surface area contributed by atoms with Gasteiger partial charge >= 0.3 is 0 Å². The van der Waals surface area contributed by atoms with Crippen molar-refractivity contribution >= 4 is 11.8 Å². The molecule has 0 aliphatic carbocycles. The number of piperidine rings is 1. The van der Waals surface area contributed by atoms with Gasteiger partial charge < -0.3 is 24.6 Å². The highest BCUT2D eigenvalue weighted by Crippen LogP contribution is 2.24. The highest BCUT2D eigenvalue weighted by atomic mass is 16.5. The molecule has 25 heavy (non-hydrogen) atoms. The average Bonchev–Trinajstić information content (AvgIpc) is 2.64. The summed E-state index contributed by atoms with van der Waals surface area (Å²) >= 11 is 0. The third-order valence-electron chi connectivity index (χ3n) is 4.82. The van der Waals surface area contributed by atoms with Crippen LogP contribution in [0.15, 0.2) is 24.3 Å². The van der Waals surface area contributed by atoms with E-state index in [4.69, 9.17) is 9.47 Å². The molecule has 3 rings (SSSR count). The molecule has 1 N–H and O–H groups in total. The summed E-state index contributed by atoms with van der Waals surface area (Å²) in [6.45, 7) is 2.56. The highest BCUT2D eigenvalue weighted by Gasteiger charge is 2.39. The van der Waals surface area contributed by atoms with Crippen LogP contribution in [-0.2, 0) is 9.53 Å². The Balaban J connectivity index is 1.66. The number of amides is 2. The predicted molar refractivity (Wildman–Crippen MR) is 92.7 cm³/mol. The second kappa shape index (κ2) is 7.84. The van der Waals surface area contributed by atoms with Crippen LogP contribution in [0, 0.1) is 0 Å². The number of likely N-dealkylation sites (N-methyl/N-ethyl adjacent to an activating group) is 2. The van der Waals surface area contributed by atoms with Crippen LogP contribution in [0.5, 0.6) is 5.75 Å². The van der Waals surface area contributed by atoms with Crippen molar-refractivity contribution in [2.24, 2.45) is 0 Å². The maximum absolute atomic E-state index is 12.9. The number of nitrogens with one attached hydrogen (secondary N) is 1. The molecule has 2 heterocycles. The van der Waals surface area contributed by atoms with Gasteiger partial charge in [-0.25, -0.2) is 0 Å². The second-order valence-electron chi connectivity index (χ2n) is 6.44. The van der Waals surface area contributed by atoms with E-state index in [0.29, 0.717) is 31.0 Å². The van der Waals surface area contributed by atoms with Crippen molar-refractivity contribution in [2.45, 2.75) is 18.6 Å². The SMILES string of the molecule is CNCCOc1cccc(C(=O)N2CC[C@@H]3OCC(=O)N(C)[C@H]3C2)c1. The molecule has 7 heteroatoms. The van der Waals surface area contributed by atoms with Gasteiger partial charge in [-0.05, 0) is 31.7 Å². The van der Waals surface area contributed by atoms with E-state index in [0.717, 1.165) is 13.0 Å². The van der Waals surface area contributed by atoms with Crippen molar-refractivity contribution in [3.05, 3.63) is 29.8 Å². The number of likely N-dealkylation sites (tertiary alicyclic amines) is 1. The Labute approximate surface area is 147 Å². The summed E-state index contributed by atoms with van der Waals surface area (Å²) in [5, 5.41) is 3.02. The third kappa shape index (κ3) is 3.93. The largest absolute Gasteiger partial charge is 0.492 e. The number of carbonyl (C=O) groups is 2. The van der Waals surface area contributed by atoms with Crippen molar-refractivity contribution in [1.82, 2.24) is 15.1 Å². The van der Waals surface area contributed by atoms with Gasteiger partial charge in [-0.1, -0.05) is 6.07 Å². The summed E-state index contributed by atoms with van der Waals surface area (Å²) < 4.78 is 11.3. The average molecular weight is 347 g/mol. The van der Waals surface area contributed by atoms with Gasteiger partial charge in [-0.3, -0.25) is 9.59 Å². The van der Waals surface area contributed by atoms with Crippen molar-refractivity contribution in [3.63, 3.8) is 0 Å². The van der Waals surface area contributed by atoms with Crippen LogP contribution in [-0.4, -0.2) is 80.7 Å². The first kappa shape index (κ1) is 17.7. The molecule has 0 radical (unpaired) electrons. The summed E-state index contributed by atoms with van der Waals surface area (Å²) in [6.07, 6.45) is 0.759. The maximum atomic E-state index is 12.9. The summed E-state index contributed by atoms with van der Waals surface area (Å²) in [4.78, 5) is 28.2.